The number of pyridine rings is 1. The molecule has 3 aromatic carbocycles. The zero-order valence-corrected chi connectivity index (χ0v) is 21.1. The average Bonchev–Trinajstić information content (AvgIpc) is 2.93. The summed E-state index contributed by atoms with van der Waals surface area (Å²) in [6, 6.07) is 26.4. The minimum Gasteiger partial charge on any atom is -0.424 e. The highest BCUT2D eigenvalue weighted by atomic mass is 16.5. The first-order chi connectivity index (χ1) is 18.9. The fourth-order valence-electron chi connectivity index (χ4n) is 4.16. The molecule has 5 aromatic rings. The van der Waals surface area contributed by atoms with E-state index in [-0.39, 0.29) is 23.9 Å². The van der Waals surface area contributed by atoms with Gasteiger partial charge in [0.25, 0.3) is 11.5 Å². The third kappa shape index (κ3) is 5.83. The maximum absolute atomic E-state index is 13.0. The molecule has 0 saturated heterocycles. The Labute approximate surface area is 223 Å². The molecule has 0 spiro atoms. The summed E-state index contributed by atoms with van der Waals surface area (Å²) < 4.78 is 7.32. The largest absolute Gasteiger partial charge is 0.424 e. The number of nitrogens with zero attached hydrogens (tertiary/aromatic N) is 3. The van der Waals surface area contributed by atoms with Crippen LogP contribution < -0.4 is 21.3 Å². The Morgan fingerprint density at radius 2 is 1.59 bits per heavy atom. The summed E-state index contributed by atoms with van der Waals surface area (Å²) in [6.45, 7) is 2.22. The first-order valence-electron chi connectivity index (χ1n) is 12.3. The standard InChI is InChI=1S/C30H25N5O4/c1-19-25-15-16-27(37)35(23-11-9-22(10-12-23)29(38)32-18-21-5-3-2-4-6-21)28(25)34-30(33-19)39-24-13-7-20(8-14-24)17-26(31)36/h2-16H,17-18H2,1H3,(H2,31,36)(H,32,38). The zero-order valence-electron chi connectivity index (χ0n) is 21.1. The number of amides is 2. The van der Waals surface area contributed by atoms with Gasteiger partial charge in [0, 0.05) is 23.6 Å². The number of ether oxygens (including phenoxy) is 1. The van der Waals surface area contributed by atoms with E-state index in [1.807, 2.05) is 37.3 Å². The number of primary amides is 1. The SMILES string of the molecule is Cc1nc(Oc2ccc(CC(N)=O)cc2)nc2c1ccc(=O)n2-c1ccc(C(=O)NCc2ccccc2)cc1. The molecule has 0 bridgehead atoms. The van der Waals surface area contributed by atoms with Gasteiger partial charge in [0.2, 0.25) is 5.91 Å². The summed E-state index contributed by atoms with van der Waals surface area (Å²) in [5.41, 5.74) is 8.74. The van der Waals surface area contributed by atoms with Crippen LogP contribution in [0.5, 0.6) is 11.8 Å². The molecule has 39 heavy (non-hydrogen) atoms. The molecule has 0 radical (unpaired) electrons. The molecule has 5 rings (SSSR count). The quantitative estimate of drug-likeness (QED) is 0.321. The zero-order chi connectivity index (χ0) is 27.4. The molecule has 0 unspecified atom stereocenters. The molecular weight excluding hydrogens is 494 g/mol. The fourth-order valence-corrected chi connectivity index (χ4v) is 4.16. The van der Waals surface area contributed by atoms with Crippen molar-refractivity contribution in [3.8, 4) is 17.4 Å². The molecule has 2 aromatic heterocycles. The first kappa shape index (κ1) is 25.3. The summed E-state index contributed by atoms with van der Waals surface area (Å²) in [5, 5.41) is 3.58. The predicted octanol–water partition coefficient (Wildman–Crippen LogP) is 3.84. The van der Waals surface area contributed by atoms with Gasteiger partial charge in [-0.1, -0.05) is 42.5 Å². The van der Waals surface area contributed by atoms with E-state index in [0.29, 0.717) is 40.3 Å². The van der Waals surface area contributed by atoms with Crippen molar-refractivity contribution in [3.63, 3.8) is 0 Å². The van der Waals surface area contributed by atoms with Gasteiger partial charge in [-0.3, -0.25) is 19.0 Å². The Morgan fingerprint density at radius 1 is 0.872 bits per heavy atom. The van der Waals surface area contributed by atoms with Crippen molar-refractivity contribution < 1.29 is 14.3 Å². The number of carbonyl (C=O) groups is 2. The molecule has 2 heterocycles. The molecule has 0 aliphatic rings. The van der Waals surface area contributed by atoms with Crippen molar-refractivity contribution in [2.24, 2.45) is 5.73 Å². The van der Waals surface area contributed by atoms with Crippen LogP contribution in [0.3, 0.4) is 0 Å². The lowest BCUT2D eigenvalue weighted by molar-refractivity contribution is -0.117. The van der Waals surface area contributed by atoms with Crippen LogP contribution in [0.15, 0.2) is 95.8 Å². The summed E-state index contributed by atoms with van der Waals surface area (Å²) in [5.74, 6) is -0.167. The number of benzene rings is 3. The van der Waals surface area contributed by atoms with Gasteiger partial charge in [-0.05, 0) is 60.5 Å². The molecule has 0 saturated carbocycles. The second-order valence-electron chi connectivity index (χ2n) is 8.94. The van der Waals surface area contributed by atoms with Gasteiger partial charge in [-0.2, -0.15) is 9.97 Å². The van der Waals surface area contributed by atoms with Crippen LogP contribution in [-0.4, -0.2) is 26.3 Å². The predicted molar refractivity (Wildman–Crippen MR) is 147 cm³/mol. The lowest BCUT2D eigenvalue weighted by Gasteiger charge is -2.13. The highest BCUT2D eigenvalue weighted by Gasteiger charge is 2.14. The summed E-state index contributed by atoms with van der Waals surface area (Å²) in [6.07, 6.45) is 0.131. The van der Waals surface area contributed by atoms with E-state index in [4.69, 9.17) is 10.5 Å². The Bertz CT molecular complexity index is 1710. The Morgan fingerprint density at radius 3 is 2.28 bits per heavy atom. The van der Waals surface area contributed by atoms with Crippen molar-refractivity contribution in [1.29, 1.82) is 0 Å². The maximum Gasteiger partial charge on any atom is 0.324 e. The molecule has 0 aliphatic heterocycles. The van der Waals surface area contributed by atoms with E-state index < -0.39 is 5.91 Å². The van der Waals surface area contributed by atoms with Crippen LogP contribution in [-0.2, 0) is 17.8 Å². The third-order valence-electron chi connectivity index (χ3n) is 6.11. The molecular formula is C30H25N5O4. The number of aryl methyl sites for hydroxylation is 1. The molecule has 0 atom stereocenters. The van der Waals surface area contributed by atoms with Gasteiger partial charge < -0.3 is 15.8 Å². The number of fused-ring (bicyclic) bond motifs is 1. The van der Waals surface area contributed by atoms with Crippen molar-refractivity contribution in [2.75, 3.05) is 0 Å². The summed E-state index contributed by atoms with van der Waals surface area (Å²) >= 11 is 0. The highest BCUT2D eigenvalue weighted by Crippen LogP contribution is 2.24. The van der Waals surface area contributed by atoms with E-state index in [1.54, 1.807) is 54.6 Å². The van der Waals surface area contributed by atoms with E-state index in [0.717, 1.165) is 11.1 Å². The van der Waals surface area contributed by atoms with Crippen molar-refractivity contribution >= 4 is 22.8 Å². The van der Waals surface area contributed by atoms with Crippen LogP contribution in [0.1, 0.15) is 27.2 Å². The van der Waals surface area contributed by atoms with Gasteiger partial charge in [0.15, 0.2) is 5.65 Å². The molecule has 0 fully saturated rings. The normalized spacial score (nSPS) is 10.8. The van der Waals surface area contributed by atoms with Crippen molar-refractivity contribution in [1.82, 2.24) is 19.9 Å². The number of hydrogen-bond acceptors (Lipinski definition) is 6. The number of nitrogens with one attached hydrogen (secondary N) is 1. The van der Waals surface area contributed by atoms with E-state index >= 15 is 0 Å². The van der Waals surface area contributed by atoms with E-state index in [2.05, 4.69) is 15.3 Å². The molecule has 9 heteroatoms. The van der Waals surface area contributed by atoms with Gasteiger partial charge in [-0.15, -0.1) is 0 Å². The van der Waals surface area contributed by atoms with Crippen LogP contribution in [0.2, 0.25) is 0 Å². The Hall–Kier alpha value is -5.31. The second kappa shape index (κ2) is 11.0. The van der Waals surface area contributed by atoms with Crippen LogP contribution in [0.25, 0.3) is 16.7 Å². The van der Waals surface area contributed by atoms with E-state index in [9.17, 15) is 14.4 Å². The topological polar surface area (TPSA) is 129 Å². The molecule has 3 N–H and O–H groups in total. The number of hydrogen-bond donors (Lipinski definition) is 2. The third-order valence-corrected chi connectivity index (χ3v) is 6.11. The molecule has 0 aliphatic carbocycles. The van der Waals surface area contributed by atoms with Crippen LogP contribution in [0, 0.1) is 6.92 Å². The number of rotatable bonds is 8. The lowest BCUT2D eigenvalue weighted by atomic mass is 10.1. The van der Waals surface area contributed by atoms with Gasteiger partial charge in [0.1, 0.15) is 5.75 Å². The van der Waals surface area contributed by atoms with Gasteiger partial charge in [-0.25, -0.2) is 0 Å². The fraction of sp³-hybridized carbons (Fsp3) is 0.100. The van der Waals surface area contributed by atoms with Gasteiger partial charge in [0.05, 0.1) is 17.8 Å². The minimum absolute atomic E-state index is 0.0684. The molecule has 194 valence electrons. The van der Waals surface area contributed by atoms with Crippen molar-refractivity contribution in [3.05, 3.63) is 124 Å². The molecule has 2 amide bonds. The number of carbonyl (C=O) groups excluding carboxylic acids is 2. The number of aromatic nitrogens is 3. The Balaban J connectivity index is 1.42. The van der Waals surface area contributed by atoms with Crippen LogP contribution >= 0.6 is 0 Å². The minimum atomic E-state index is -0.420. The monoisotopic (exact) mass is 519 g/mol. The molecule has 9 nitrogen and oxygen atoms in total. The number of nitrogens with two attached hydrogens (primary N) is 1. The first-order valence-corrected chi connectivity index (χ1v) is 12.3. The highest BCUT2D eigenvalue weighted by molar-refractivity contribution is 5.94. The second-order valence-corrected chi connectivity index (χ2v) is 8.94. The maximum atomic E-state index is 13.0. The average molecular weight is 520 g/mol. The smallest absolute Gasteiger partial charge is 0.324 e. The van der Waals surface area contributed by atoms with Gasteiger partial charge >= 0.3 is 6.01 Å². The van der Waals surface area contributed by atoms with Crippen molar-refractivity contribution in [2.45, 2.75) is 19.9 Å². The summed E-state index contributed by atoms with van der Waals surface area (Å²) in [7, 11) is 0. The lowest BCUT2D eigenvalue weighted by Crippen LogP contribution is -2.23. The van der Waals surface area contributed by atoms with E-state index in [1.165, 1.54) is 10.6 Å². The Kier molecular flexibility index (Phi) is 7.13. The van der Waals surface area contributed by atoms with Crippen LogP contribution in [0.4, 0.5) is 0 Å². The summed E-state index contributed by atoms with van der Waals surface area (Å²) in [4.78, 5) is 45.7.